The second kappa shape index (κ2) is 10.6. The molecule has 6 heteroatoms. The Hall–Kier alpha value is -2.47. The van der Waals surface area contributed by atoms with E-state index in [1.165, 1.54) is 11.8 Å². The number of hydrogen-bond donors (Lipinski definition) is 2. The van der Waals surface area contributed by atoms with Crippen molar-refractivity contribution < 1.29 is 14.3 Å². The fourth-order valence-corrected chi connectivity index (χ4v) is 3.08. The van der Waals surface area contributed by atoms with E-state index < -0.39 is 0 Å². The molecule has 0 heterocycles. The summed E-state index contributed by atoms with van der Waals surface area (Å²) < 4.78 is 5.42. The minimum atomic E-state index is -0.115. The number of aryl methyl sites for hydroxylation is 1. The molecule has 0 saturated heterocycles. The molecule has 2 aromatic rings. The lowest BCUT2D eigenvalue weighted by Crippen LogP contribution is -2.28. The van der Waals surface area contributed by atoms with Gasteiger partial charge in [-0.25, -0.2) is 0 Å². The summed E-state index contributed by atoms with van der Waals surface area (Å²) in [5.74, 6) is 1.08. The van der Waals surface area contributed by atoms with E-state index in [2.05, 4.69) is 10.6 Å². The van der Waals surface area contributed by atoms with Crippen molar-refractivity contribution in [1.82, 2.24) is 5.32 Å². The van der Waals surface area contributed by atoms with Crippen molar-refractivity contribution in [3.05, 3.63) is 59.7 Å². The van der Waals surface area contributed by atoms with Crippen molar-refractivity contribution in [2.24, 2.45) is 0 Å². The van der Waals surface area contributed by atoms with Gasteiger partial charge in [-0.15, -0.1) is 11.8 Å². The first kappa shape index (κ1) is 20.8. The van der Waals surface area contributed by atoms with Gasteiger partial charge in [0.05, 0.1) is 24.2 Å². The average Bonchev–Trinajstić information content (AvgIpc) is 2.64. The van der Waals surface area contributed by atoms with Crippen LogP contribution < -0.4 is 15.4 Å². The Morgan fingerprint density at radius 2 is 1.63 bits per heavy atom. The summed E-state index contributed by atoms with van der Waals surface area (Å²) in [4.78, 5) is 24.0. The summed E-state index contributed by atoms with van der Waals surface area (Å²) in [5, 5.41) is 5.77. The molecule has 2 amide bonds. The van der Waals surface area contributed by atoms with Crippen molar-refractivity contribution in [2.75, 3.05) is 23.4 Å². The molecule has 0 bridgehead atoms. The number of amides is 2. The topological polar surface area (TPSA) is 67.4 Å². The van der Waals surface area contributed by atoms with Crippen LogP contribution in [-0.4, -0.2) is 29.9 Å². The van der Waals surface area contributed by atoms with Crippen LogP contribution in [0, 0.1) is 6.92 Å². The van der Waals surface area contributed by atoms with Crippen LogP contribution in [0.5, 0.6) is 5.75 Å². The van der Waals surface area contributed by atoms with E-state index in [4.69, 9.17) is 4.74 Å². The number of rotatable bonds is 9. The highest BCUT2D eigenvalue weighted by molar-refractivity contribution is 8.00. The predicted molar refractivity (Wildman–Crippen MR) is 111 cm³/mol. The van der Waals surface area contributed by atoms with Gasteiger partial charge in [0.15, 0.2) is 0 Å². The summed E-state index contributed by atoms with van der Waals surface area (Å²) in [6.07, 6.45) is 0. The maximum Gasteiger partial charge on any atom is 0.234 e. The standard InChI is InChI=1S/C21H26N2O3S/c1-4-26-19-11-7-17(8-12-19)16(3)22-20(24)13-27-14-21(25)23-18-9-5-15(2)6-10-18/h5-12,16H,4,13-14H2,1-3H3,(H,22,24)(H,23,25). The highest BCUT2D eigenvalue weighted by atomic mass is 32.2. The summed E-state index contributed by atoms with van der Waals surface area (Å²) in [7, 11) is 0. The van der Waals surface area contributed by atoms with Crippen molar-refractivity contribution in [2.45, 2.75) is 26.8 Å². The summed E-state index contributed by atoms with van der Waals surface area (Å²) in [6, 6.07) is 15.2. The van der Waals surface area contributed by atoms with E-state index in [0.717, 1.165) is 22.6 Å². The number of carbonyl (C=O) groups excluding carboxylic acids is 2. The minimum absolute atomic E-state index is 0.0930. The van der Waals surface area contributed by atoms with Gasteiger partial charge in [0.2, 0.25) is 11.8 Å². The molecule has 144 valence electrons. The van der Waals surface area contributed by atoms with E-state index in [0.29, 0.717) is 6.61 Å². The lowest BCUT2D eigenvalue weighted by Gasteiger charge is -2.15. The summed E-state index contributed by atoms with van der Waals surface area (Å²) in [6.45, 7) is 6.49. The monoisotopic (exact) mass is 386 g/mol. The van der Waals surface area contributed by atoms with Gasteiger partial charge in [0, 0.05) is 5.69 Å². The van der Waals surface area contributed by atoms with E-state index in [1.807, 2.05) is 69.3 Å². The molecule has 0 spiro atoms. The molecule has 5 nitrogen and oxygen atoms in total. The molecule has 0 aliphatic carbocycles. The Bertz CT molecular complexity index is 745. The molecule has 2 N–H and O–H groups in total. The largest absolute Gasteiger partial charge is 0.494 e. The highest BCUT2D eigenvalue weighted by Crippen LogP contribution is 2.18. The maximum atomic E-state index is 12.1. The van der Waals surface area contributed by atoms with Crippen LogP contribution in [0.1, 0.15) is 31.0 Å². The molecular weight excluding hydrogens is 360 g/mol. The normalized spacial score (nSPS) is 11.5. The first-order valence-electron chi connectivity index (χ1n) is 8.94. The van der Waals surface area contributed by atoms with Crippen LogP contribution in [-0.2, 0) is 9.59 Å². The number of carbonyl (C=O) groups is 2. The van der Waals surface area contributed by atoms with Gasteiger partial charge in [-0.2, -0.15) is 0 Å². The van der Waals surface area contributed by atoms with Crippen LogP contribution in [0.4, 0.5) is 5.69 Å². The molecule has 0 radical (unpaired) electrons. The Labute approximate surface area is 164 Å². The fraction of sp³-hybridized carbons (Fsp3) is 0.333. The Kier molecular flexibility index (Phi) is 8.20. The third-order valence-corrected chi connectivity index (χ3v) is 4.80. The van der Waals surface area contributed by atoms with Crippen molar-refractivity contribution >= 4 is 29.3 Å². The fourth-order valence-electron chi connectivity index (χ4n) is 2.46. The van der Waals surface area contributed by atoms with Crippen LogP contribution >= 0.6 is 11.8 Å². The molecule has 27 heavy (non-hydrogen) atoms. The zero-order valence-corrected chi connectivity index (χ0v) is 16.8. The molecule has 1 atom stereocenters. The number of ether oxygens (including phenoxy) is 1. The number of thioether (sulfide) groups is 1. The third-order valence-electron chi connectivity index (χ3n) is 3.87. The minimum Gasteiger partial charge on any atom is -0.494 e. The molecule has 0 aliphatic rings. The van der Waals surface area contributed by atoms with E-state index >= 15 is 0 Å². The lowest BCUT2D eigenvalue weighted by atomic mass is 10.1. The Morgan fingerprint density at radius 1 is 1.00 bits per heavy atom. The van der Waals surface area contributed by atoms with Crippen molar-refractivity contribution in [3.8, 4) is 5.75 Å². The van der Waals surface area contributed by atoms with Crippen LogP contribution in [0.3, 0.4) is 0 Å². The van der Waals surface area contributed by atoms with Gasteiger partial charge < -0.3 is 15.4 Å². The molecule has 0 saturated carbocycles. The molecule has 2 rings (SSSR count). The Morgan fingerprint density at radius 3 is 2.26 bits per heavy atom. The second-order valence-electron chi connectivity index (χ2n) is 6.20. The van der Waals surface area contributed by atoms with Crippen LogP contribution in [0.25, 0.3) is 0 Å². The number of nitrogens with one attached hydrogen (secondary N) is 2. The first-order valence-corrected chi connectivity index (χ1v) is 10.1. The summed E-state index contributed by atoms with van der Waals surface area (Å²) >= 11 is 1.29. The Balaban J connectivity index is 1.70. The molecule has 1 unspecified atom stereocenters. The van der Waals surface area contributed by atoms with Gasteiger partial charge in [-0.1, -0.05) is 29.8 Å². The molecule has 2 aromatic carbocycles. The average molecular weight is 387 g/mol. The third kappa shape index (κ3) is 7.35. The molecule has 0 aromatic heterocycles. The van der Waals surface area contributed by atoms with Gasteiger partial charge in [0.25, 0.3) is 0 Å². The SMILES string of the molecule is CCOc1ccc(C(C)NC(=O)CSCC(=O)Nc2ccc(C)cc2)cc1. The first-order chi connectivity index (χ1) is 13.0. The number of anilines is 1. The zero-order chi connectivity index (χ0) is 19.6. The lowest BCUT2D eigenvalue weighted by molar-refractivity contribution is -0.119. The van der Waals surface area contributed by atoms with Crippen molar-refractivity contribution in [3.63, 3.8) is 0 Å². The van der Waals surface area contributed by atoms with Crippen molar-refractivity contribution in [1.29, 1.82) is 0 Å². The quantitative estimate of drug-likeness (QED) is 0.685. The second-order valence-corrected chi connectivity index (χ2v) is 7.18. The molecule has 0 fully saturated rings. The van der Waals surface area contributed by atoms with Gasteiger partial charge in [0.1, 0.15) is 5.75 Å². The van der Waals surface area contributed by atoms with Gasteiger partial charge >= 0.3 is 0 Å². The highest BCUT2D eigenvalue weighted by Gasteiger charge is 2.11. The van der Waals surface area contributed by atoms with Crippen LogP contribution in [0.15, 0.2) is 48.5 Å². The van der Waals surface area contributed by atoms with Crippen LogP contribution in [0.2, 0.25) is 0 Å². The van der Waals surface area contributed by atoms with E-state index in [1.54, 1.807) is 0 Å². The smallest absolute Gasteiger partial charge is 0.234 e. The zero-order valence-electron chi connectivity index (χ0n) is 16.0. The van der Waals surface area contributed by atoms with E-state index in [9.17, 15) is 9.59 Å². The number of benzene rings is 2. The van der Waals surface area contributed by atoms with E-state index in [-0.39, 0.29) is 29.4 Å². The molecular formula is C21H26N2O3S. The number of hydrogen-bond acceptors (Lipinski definition) is 4. The summed E-state index contributed by atoms with van der Waals surface area (Å²) in [5.41, 5.74) is 2.91. The van der Waals surface area contributed by atoms with Gasteiger partial charge in [-0.05, 0) is 50.6 Å². The molecule has 0 aliphatic heterocycles. The predicted octanol–water partition coefficient (Wildman–Crippen LogP) is 3.94. The maximum absolute atomic E-state index is 12.1. The van der Waals surface area contributed by atoms with Gasteiger partial charge in [-0.3, -0.25) is 9.59 Å².